The largest absolute Gasteiger partial charge is 0.465 e. The molecule has 0 unspecified atom stereocenters. The standard InChI is InChI=1S/C31H42BrN3O4/c1-3-5-6-7-8-9-10-11-12-13-14-15-28(36)39-26-19-16-24(17-20-26)30-31(33-22-29(37)38-4-2)35-23-25(32)18-21-27(35)34-30/h16-21,23,33H,3-15,22H2,1-2H3. The Morgan fingerprint density at radius 2 is 1.49 bits per heavy atom. The zero-order valence-electron chi connectivity index (χ0n) is 23.3. The maximum atomic E-state index is 12.3. The van der Waals surface area contributed by atoms with Crippen molar-refractivity contribution < 1.29 is 19.1 Å². The number of anilines is 1. The zero-order valence-corrected chi connectivity index (χ0v) is 24.9. The summed E-state index contributed by atoms with van der Waals surface area (Å²) in [7, 11) is 0. The molecular formula is C31H42BrN3O4. The lowest BCUT2D eigenvalue weighted by Crippen LogP contribution is -2.17. The topological polar surface area (TPSA) is 81.9 Å². The summed E-state index contributed by atoms with van der Waals surface area (Å²) in [6.45, 7) is 4.38. The Balaban J connectivity index is 1.48. The first kappa shape index (κ1) is 30.7. The van der Waals surface area contributed by atoms with Crippen molar-refractivity contribution in [3.8, 4) is 17.0 Å². The van der Waals surface area contributed by atoms with Crippen molar-refractivity contribution in [2.45, 2.75) is 90.9 Å². The van der Waals surface area contributed by atoms with Crippen molar-refractivity contribution in [1.82, 2.24) is 9.38 Å². The minimum atomic E-state index is -0.339. The van der Waals surface area contributed by atoms with Crippen LogP contribution in [0.2, 0.25) is 0 Å². The molecule has 0 atom stereocenters. The molecule has 0 aliphatic rings. The summed E-state index contributed by atoms with van der Waals surface area (Å²) in [5.41, 5.74) is 2.27. The number of nitrogens with zero attached hydrogens (tertiary/aromatic N) is 2. The lowest BCUT2D eigenvalue weighted by molar-refractivity contribution is -0.141. The lowest BCUT2D eigenvalue weighted by Gasteiger charge is -2.09. The van der Waals surface area contributed by atoms with Gasteiger partial charge in [0.2, 0.25) is 0 Å². The van der Waals surface area contributed by atoms with Gasteiger partial charge >= 0.3 is 11.9 Å². The van der Waals surface area contributed by atoms with Crippen LogP contribution in [0, 0.1) is 0 Å². The van der Waals surface area contributed by atoms with Crippen LogP contribution < -0.4 is 10.1 Å². The predicted octanol–water partition coefficient (Wildman–Crippen LogP) is 8.35. The Morgan fingerprint density at radius 1 is 0.846 bits per heavy atom. The first-order chi connectivity index (χ1) is 19.0. The molecule has 3 rings (SSSR count). The lowest BCUT2D eigenvalue weighted by atomic mass is 10.1. The molecule has 0 amide bonds. The normalized spacial score (nSPS) is 11.1. The number of carbonyl (C=O) groups is 2. The number of hydrogen-bond donors (Lipinski definition) is 1. The van der Waals surface area contributed by atoms with Gasteiger partial charge in [-0.05, 0) is 65.7 Å². The second-order valence-electron chi connectivity index (χ2n) is 9.83. The number of ether oxygens (including phenoxy) is 2. The van der Waals surface area contributed by atoms with Gasteiger partial charge in [-0.3, -0.25) is 14.0 Å². The first-order valence-electron chi connectivity index (χ1n) is 14.4. The summed E-state index contributed by atoms with van der Waals surface area (Å²) in [5.74, 6) is 0.654. The molecular weight excluding hydrogens is 558 g/mol. The number of nitrogens with one attached hydrogen (secondary N) is 1. The fraction of sp³-hybridized carbons (Fsp3) is 0.516. The van der Waals surface area contributed by atoms with E-state index in [1.165, 1.54) is 57.8 Å². The van der Waals surface area contributed by atoms with E-state index < -0.39 is 0 Å². The van der Waals surface area contributed by atoms with Gasteiger partial charge < -0.3 is 14.8 Å². The molecule has 2 aromatic heterocycles. The molecule has 0 radical (unpaired) electrons. The second kappa shape index (κ2) is 17.0. The Hall–Kier alpha value is -2.87. The number of aromatic nitrogens is 2. The maximum Gasteiger partial charge on any atom is 0.325 e. The molecule has 0 fully saturated rings. The van der Waals surface area contributed by atoms with Crippen molar-refractivity contribution in [1.29, 1.82) is 0 Å². The van der Waals surface area contributed by atoms with Gasteiger partial charge in [0.05, 0.1) is 6.61 Å². The first-order valence-corrected chi connectivity index (χ1v) is 15.2. The van der Waals surface area contributed by atoms with Crippen LogP contribution in [-0.4, -0.2) is 34.5 Å². The average molecular weight is 601 g/mol. The van der Waals surface area contributed by atoms with Crippen LogP contribution in [0.4, 0.5) is 5.82 Å². The molecule has 8 heteroatoms. The van der Waals surface area contributed by atoms with Crippen molar-refractivity contribution in [2.24, 2.45) is 0 Å². The zero-order chi connectivity index (χ0) is 27.9. The monoisotopic (exact) mass is 599 g/mol. The summed E-state index contributed by atoms with van der Waals surface area (Å²) in [6.07, 6.45) is 16.1. The Labute approximate surface area is 240 Å². The van der Waals surface area contributed by atoms with Gasteiger partial charge in [-0.2, -0.15) is 0 Å². The van der Waals surface area contributed by atoms with E-state index in [4.69, 9.17) is 14.5 Å². The number of carbonyl (C=O) groups excluding carboxylic acids is 2. The van der Waals surface area contributed by atoms with Gasteiger partial charge in [0, 0.05) is 22.7 Å². The minimum Gasteiger partial charge on any atom is -0.465 e. The van der Waals surface area contributed by atoms with Crippen LogP contribution in [0.15, 0.2) is 47.1 Å². The Morgan fingerprint density at radius 3 is 2.13 bits per heavy atom. The number of benzene rings is 1. The van der Waals surface area contributed by atoms with Gasteiger partial charge in [0.25, 0.3) is 0 Å². The molecule has 7 nitrogen and oxygen atoms in total. The third-order valence-electron chi connectivity index (χ3n) is 6.63. The number of imidazole rings is 1. The van der Waals surface area contributed by atoms with Gasteiger partial charge in [-0.15, -0.1) is 0 Å². The fourth-order valence-corrected chi connectivity index (χ4v) is 4.89. The summed E-state index contributed by atoms with van der Waals surface area (Å²) >= 11 is 3.50. The highest BCUT2D eigenvalue weighted by molar-refractivity contribution is 9.10. The van der Waals surface area contributed by atoms with Crippen LogP contribution >= 0.6 is 15.9 Å². The molecule has 0 saturated heterocycles. The number of hydrogen-bond acceptors (Lipinski definition) is 6. The van der Waals surface area contributed by atoms with E-state index in [0.29, 0.717) is 30.3 Å². The van der Waals surface area contributed by atoms with Crippen molar-refractivity contribution >= 4 is 39.3 Å². The second-order valence-corrected chi connectivity index (χ2v) is 10.7. The van der Waals surface area contributed by atoms with Gasteiger partial charge in [-0.1, -0.05) is 71.1 Å². The summed E-state index contributed by atoms with van der Waals surface area (Å²) in [4.78, 5) is 29.0. The van der Waals surface area contributed by atoms with Gasteiger partial charge in [0.1, 0.15) is 29.5 Å². The van der Waals surface area contributed by atoms with Crippen LogP contribution in [0.25, 0.3) is 16.9 Å². The van der Waals surface area contributed by atoms with Gasteiger partial charge in [-0.25, -0.2) is 4.98 Å². The molecule has 1 N–H and O–H groups in total. The summed E-state index contributed by atoms with van der Waals surface area (Å²) in [6, 6.07) is 11.1. The van der Waals surface area contributed by atoms with Crippen LogP contribution in [0.5, 0.6) is 5.75 Å². The number of unbranched alkanes of at least 4 members (excludes halogenated alkanes) is 10. The maximum absolute atomic E-state index is 12.3. The van der Waals surface area contributed by atoms with E-state index in [1.807, 2.05) is 34.9 Å². The van der Waals surface area contributed by atoms with Crippen LogP contribution in [-0.2, 0) is 14.3 Å². The number of esters is 2. The smallest absolute Gasteiger partial charge is 0.325 e. The molecule has 39 heavy (non-hydrogen) atoms. The summed E-state index contributed by atoms with van der Waals surface area (Å²) in [5, 5.41) is 3.17. The van der Waals surface area contributed by atoms with Crippen molar-refractivity contribution in [2.75, 3.05) is 18.5 Å². The fourth-order valence-electron chi connectivity index (χ4n) is 4.55. The van der Waals surface area contributed by atoms with E-state index in [0.717, 1.165) is 28.5 Å². The van der Waals surface area contributed by atoms with E-state index in [9.17, 15) is 9.59 Å². The molecule has 1 aromatic carbocycles. The number of rotatable bonds is 18. The van der Waals surface area contributed by atoms with E-state index in [2.05, 4.69) is 28.2 Å². The molecule has 0 aliphatic heterocycles. The third kappa shape index (κ3) is 10.3. The van der Waals surface area contributed by atoms with Crippen LogP contribution in [0.1, 0.15) is 90.9 Å². The number of pyridine rings is 1. The highest BCUT2D eigenvalue weighted by atomic mass is 79.9. The highest BCUT2D eigenvalue weighted by Crippen LogP contribution is 2.31. The number of fused-ring (bicyclic) bond motifs is 1. The van der Waals surface area contributed by atoms with Crippen molar-refractivity contribution in [3.05, 3.63) is 47.1 Å². The molecule has 2 heterocycles. The quantitative estimate of drug-likeness (QED) is 0.0898. The molecule has 0 spiro atoms. The average Bonchev–Trinajstić information content (AvgIpc) is 3.28. The Kier molecular flexibility index (Phi) is 13.3. The summed E-state index contributed by atoms with van der Waals surface area (Å²) < 4.78 is 13.4. The molecule has 0 aliphatic carbocycles. The third-order valence-corrected chi connectivity index (χ3v) is 7.10. The number of halogens is 1. The molecule has 3 aromatic rings. The van der Waals surface area contributed by atoms with E-state index >= 15 is 0 Å². The predicted molar refractivity (Wildman–Crippen MR) is 160 cm³/mol. The molecule has 0 saturated carbocycles. The van der Waals surface area contributed by atoms with Crippen LogP contribution in [0.3, 0.4) is 0 Å². The van der Waals surface area contributed by atoms with Crippen molar-refractivity contribution in [3.63, 3.8) is 0 Å². The Bertz CT molecular complexity index is 1180. The molecule has 212 valence electrons. The molecule has 0 bridgehead atoms. The van der Waals surface area contributed by atoms with E-state index in [1.54, 1.807) is 19.1 Å². The minimum absolute atomic E-state index is 0.0237. The van der Waals surface area contributed by atoms with Gasteiger partial charge in [0.15, 0.2) is 0 Å². The van der Waals surface area contributed by atoms with E-state index in [-0.39, 0.29) is 18.5 Å². The highest BCUT2D eigenvalue weighted by Gasteiger charge is 2.16. The SMILES string of the molecule is CCCCCCCCCCCCCC(=O)Oc1ccc(-c2nc3ccc(Br)cn3c2NCC(=O)OCC)cc1.